The molecule has 2 aliphatic rings. The summed E-state index contributed by atoms with van der Waals surface area (Å²) in [6.45, 7) is 1.49. The molecule has 68 valence electrons. The van der Waals surface area contributed by atoms with E-state index in [9.17, 15) is 4.79 Å². The number of carbonyl (C=O) groups excluding carboxylic acids is 1. The molecule has 2 fully saturated rings. The predicted molar refractivity (Wildman–Crippen MR) is 44.7 cm³/mol. The minimum atomic E-state index is -0.138. The van der Waals surface area contributed by atoms with Gasteiger partial charge in [0.2, 0.25) is 0 Å². The maximum Gasteiger partial charge on any atom is 0.302 e. The quantitative estimate of drug-likeness (QED) is 0.591. The molecule has 0 aromatic rings. The smallest absolute Gasteiger partial charge is 0.302 e. The molecule has 12 heavy (non-hydrogen) atoms. The highest BCUT2D eigenvalue weighted by atomic mass is 16.5. The lowest BCUT2D eigenvalue weighted by Crippen LogP contribution is -2.41. The summed E-state index contributed by atoms with van der Waals surface area (Å²) >= 11 is 0. The van der Waals surface area contributed by atoms with Crippen molar-refractivity contribution in [2.24, 2.45) is 0 Å². The van der Waals surface area contributed by atoms with Gasteiger partial charge in [-0.3, -0.25) is 4.79 Å². The van der Waals surface area contributed by atoms with Crippen LogP contribution in [0.4, 0.5) is 0 Å². The summed E-state index contributed by atoms with van der Waals surface area (Å²) in [5.74, 6) is -0.138. The van der Waals surface area contributed by atoms with E-state index in [0.717, 1.165) is 12.8 Å². The second-order valence-electron chi connectivity index (χ2n) is 3.84. The molecule has 0 radical (unpaired) electrons. The molecule has 0 amide bonds. The van der Waals surface area contributed by atoms with Gasteiger partial charge in [0.15, 0.2) is 0 Å². The number of nitrogens with one attached hydrogen (secondary N) is 1. The topological polar surface area (TPSA) is 38.3 Å². The Morgan fingerprint density at radius 2 is 1.92 bits per heavy atom. The van der Waals surface area contributed by atoms with Gasteiger partial charge in [-0.25, -0.2) is 0 Å². The first kappa shape index (κ1) is 8.05. The number of carbonyl (C=O) groups is 1. The van der Waals surface area contributed by atoms with Crippen molar-refractivity contribution in [3.8, 4) is 0 Å². The lowest BCUT2D eigenvalue weighted by atomic mass is 10.0. The Kier molecular flexibility index (Phi) is 2.05. The van der Waals surface area contributed by atoms with Gasteiger partial charge in [0.25, 0.3) is 0 Å². The third-order valence-corrected chi connectivity index (χ3v) is 2.76. The van der Waals surface area contributed by atoms with Crippen molar-refractivity contribution >= 4 is 5.97 Å². The van der Waals surface area contributed by atoms with Crippen LogP contribution in [0, 0.1) is 0 Å². The Morgan fingerprint density at radius 1 is 1.33 bits per heavy atom. The first-order chi connectivity index (χ1) is 5.74. The Hall–Kier alpha value is -0.570. The Balaban J connectivity index is 1.89. The summed E-state index contributed by atoms with van der Waals surface area (Å²) < 4.78 is 5.19. The van der Waals surface area contributed by atoms with Crippen molar-refractivity contribution in [1.82, 2.24) is 5.32 Å². The molecule has 0 spiro atoms. The molecule has 2 rings (SSSR count). The maximum absolute atomic E-state index is 10.7. The molecule has 3 nitrogen and oxygen atoms in total. The van der Waals surface area contributed by atoms with E-state index in [1.807, 2.05) is 0 Å². The molecule has 0 aromatic heterocycles. The molecule has 0 aromatic carbocycles. The summed E-state index contributed by atoms with van der Waals surface area (Å²) in [6, 6.07) is 1.21. The minimum absolute atomic E-state index is 0.138. The second-order valence-corrected chi connectivity index (χ2v) is 3.84. The molecular weight excluding hydrogens is 154 g/mol. The second kappa shape index (κ2) is 3.05. The highest BCUT2D eigenvalue weighted by Gasteiger charge is 2.34. The van der Waals surface area contributed by atoms with Crippen LogP contribution in [0.2, 0.25) is 0 Å². The SMILES string of the molecule is CC(=O)OC1C[C@H]2CC[C@@H](C1)N2. The van der Waals surface area contributed by atoms with E-state index in [0.29, 0.717) is 12.1 Å². The highest BCUT2D eigenvalue weighted by molar-refractivity contribution is 5.66. The number of hydrogen-bond donors (Lipinski definition) is 1. The average molecular weight is 169 g/mol. The van der Waals surface area contributed by atoms with E-state index in [2.05, 4.69) is 5.32 Å². The predicted octanol–water partition coefficient (Wildman–Crippen LogP) is 0.833. The van der Waals surface area contributed by atoms with E-state index in [4.69, 9.17) is 4.74 Å². The summed E-state index contributed by atoms with van der Waals surface area (Å²) in [7, 11) is 0. The van der Waals surface area contributed by atoms with Crippen LogP contribution in [0.1, 0.15) is 32.6 Å². The van der Waals surface area contributed by atoms with Gasteiger partial charge in [-0.1, -0.05) is 0 Å². The summed E-state index contributed by atoms with van der Waals surface area (Å²) in [6.07, 6.45) is 4.71. The zero-order valence-electron chi connectivity index (χ0n) is 7.38. The van der Waals surface area contributed by atoms with Gasteiger partial charge in [-0.2, -0.15) is 0 Å². The monoisotopic (exact) mass is 169 g/mol. The maximum atomic E-state index is 10.7. The molecule has 1 unspecified atom stereocenters. The van der Waals surface area contributed by atoms with Crippen LogP contribution in [-0.2, 0) is 9.53 Å². The Labute approximate surface area is 72.5 Å². The normalized spacial score (nSPS) is 39.6. The van der Waals surface area contributed by atoms with Gasteiger partial charge < -0.3 is 10.1 Å². The molecule has 2 aliphatic heterocycles. The van der Waals surface area contributed by atoms with Gasteiger partial charge in [0.1, 0.15) is 6.10 Å². The number of hydrogen-bond acceptors (Lipinski definition) is 3. The van der Waals surface area contributed by atoms with E-state index in [1.165, 1.54) is 19.8 Å². The van der Waals surface area contributed by atoms with Gasteiger partial charge in [0, 0.05) is 19.0 Å². The third-order valence-electron chi connectivity index (χ3n) is 2.76. The van der Waals surface area contributed by atoms with Crippen LogP contribution in [-0.4, -0.2) is 24.2 Å². The average Bonchev–Trinajstić information content (AvgIpc) is 2.29. The molecule has 2 bridgehead atoms. The van der Waals surface area contributed by atoms with Crippen LogP contribution in [0.15, 0.2) is 0 Å². The van der Waals surface area contributed by atoms with Gasteiger partial charge in [0.05, 0.1) is 0 Å². The molecule has 1 N–H and O–H groups in total. The van der Waals surface area contributed by atoms with Gasteiger partial charge in [-0.15, -0.1) is 0 Å². The zero-order chi connectivity index (χ0) is 8.55. The van der Waals surface area contributed by atoms with Crippen LogP contribution in [0.25, 0.3) is 0 Å². The van der Waals surface area contributed by atoms with Crippen molar-refractivity contribution in [2.75, 3.05) is 0 Å². The summed E-state index contributed by atoms with van der Waals surface area (Å²) in [5, 5.41) is 3.50. The summed E-state index contributed by atoms with van der Waals surface area (Å²) in [5.41, 5.74) is 0. The van der Waals surface area contributed by atoms with Crippen molar-refractivity contribution in [3.63, 3.8) is 0 Å². The van der Waals surface area contributed by atoms with Gasteiger partial charge >= 0.3 is 5.97 Å². The minimum Gasteiger partial charge on any atom is -0.462 e. The molecule has 3 atom stereocenters. The Bertz CT molecular complexity index is 181. The van der Waals surface area contributed by atoms with Crippen molar-refractivity contribution < 1.29 is 9.53 Å². The summed E-state index contributed by atoms with van der Waals surface area (Å²) in [4.78, 5) is 10.7. The number of ether oxygens (including phenoxy) is 1. The number of fused-ring (bicyclic) bond motifs is 2. The van der Waals surface area contributed by atoms with E-state index >= 15 is 0 Å². The standard InChI is InChI=1S/C9H15NO2/c1-6(11)12-9-4-7-2-3-8(5-9)10-7/h7-10H,2-5H2,1H3/t7-,8+,9?. The van der Waals surface area contributed by atoms with Crippen molar-refractivity contribution in [2.45, 2.75) is 50.8 Å². The first-order valence-corrected chi connectivity index (χ1v) is 4.67. The van der Waals surface area contributed by atoms with Crippen LogP contribution in [0.5, 0.6) is 0 Å². The van der Waals surface area contributed by atoms with E-state index in [1.54, 1.807) is 0 Å². The van der Waals surface area contributed by atoms with E-state index < -0.39 is 0 Å². The molecule has 2 saturated heterocycles. The van der Waals surface area contributed by atoms with Crippen LogP contribution >= 0.6 is 0 Å². The fraction of sp³-hybridized carbons (Fsp3) is 0.889. The largest absolute Gasteiger partial charge is 0.462 e. The number of piperidine rings is 1. The molecule has 2 heterocycles. The molecular formula is C9H15NO2. The molecule has 0 aliphatic carbocycles. The third kappa shape index (κ3) is 1.61. The van der Waals surface area contributed by atoms with Crippen molar-refractivity contribution in [3.05, 3.63) is 0 Å². The highest BCUT2D eigenvalue weighted by Crippen LogP contribution is 2.28. The fourth-order valence-electron chi connectivity index (χ4n) is 2.34. The Morgan fingerprint density at radius 3 is 2.42 bits per heavy atom. The number of esters is 1. The molecule has 3 heteroatoms. The van der Waals surface area contributed by atoms with E-state index in [-0.39, 0.29) is 12.1 Å². The zero-order valence-corrected chi connectivity index (χ0v) is 7.38. The van der Waals surface area contributed by atoms with Gasteiger partial charge in [-0.05, 0) is 25.7 Å². The lowest BCUT2D eigenvalue weighted by molar-refractivity contribution is -0.148. The van der Waals surface area contributed by atoms with Crippen LogP contribution in [0.3, 0.4) is 0 Å². The lowest BCUT2D eigenvalue weighted by Gasteiger charge is -2.28. The number of rotatable bonds is 1. The first-order valence-electron chi connectivity index (χ1n) is 4.67. The molecule has 0 saturated carbocycles. The van der Waals surface area contributed by atoms with Crippen molar-refractivity contribution in [1.29, 1.82) is 0 Å². The fourth-order valence-corrected chi connectivity index (χ4v) is 2.34. The van der Waals surface area contributed by atoms with Crippen LogP contribution < -0.4 is 5.32 Å².